The van der Waals surface area contributed by atoms with Crippen molar-refractivity contribution in [3.05, 3.63) is 60.8 Å². The van der Waals surface area contributed by atoms with Gasteiger partial charge in [-0.1, -0.05) is 364 Å². The van der Waals surface area contributed by atoms with Crippen molar-refractivity contribution in [2.45, 2.75) is 393 Å². The smallest absolute Gasteiger partial charge is 0.306 e. The summed E-state index contributed by atoms with van der Waals surface area (Å²) in [6.07, 6.45) is 91.1. The summed E-state index contributed by atoms with van der Waals surface area (Å²) < 4.78 is 17.0. The van der Waals surface area contributed by atoms with Crippen LogP contribution in [0.15, 0.2) is 60.8 Å². The minimum Gasteiger partial charge on any atom is -0.462 e. The maximum Gasteiger partial charge on any atom is 0.306 e. The first-order valence-corrected chi connectivity index (χ1v) is 36.3. The largest absolute Gasteiger partial charge is 0.462 e. The molecule has 0 aliphatic rings. The van der Waals surface area contributed by atoms with E-state index in [0.717, 1.165) is 109 Å². The molecule has 0 aliphatic carbocycles. The zero-order chi connectivity index (χ0) is 59.2. The molecule has 0 fully saturated rings. The number of hydrogen-bond donors (Lipinski definition) is 0. The Balaban J connectivity index is 4.34. The normalized spacial score (nSPS) is 12.4. The standard InChI is InChI=1S/C76H138O6/c1-4-7-10-13-16-19-22-25-28-31-34-36-37-38-40-42-45-48-51-54-57-60-63-66-69-75(78)81-72-73(71-80-74(77)68-65-62-59-56-53-50-47-44-41-33-30-27-24-21-18-15-12-9-6-3)82-76(79)70-67-64-61-58-55-52-49-46-43-39-35-32-29-26-23-20-17-14-11-8-5-2/h8,11,17,20,26,29,35,39,46,49,73H,4-7,9-10,12-16,18-19,21-25,27-28,30-34,36-38,40-45,47-48,50-72H2,1-3H3/b11-8-,20-17-,29-26-,39-35-,49-46-. The van der Waals surface area contributed by atoms with Crippen LogP contribution in [0.1, 0.15) is 387 Å². The summed E-state index contributed by atoms with van der Waals surface area (Å²) in [4.78, 5) is 38.5. The lowest BCUT2D eigenvalue weighted by Gasteiger charge is -2.18. The third-order valence-electron chi connectivity index (χ3n) is 16.3. The Labute approximate surface area is 510 Å². The van der Waals surface area contributed by atoms with E-state index >= 15 is 0 Å². The Morgan fingerprint density at radius 2 is 0.476 bits per heavy atom. The van der Waals surface area contributed by atoms with E-state index in [1.165, 1.54) is 238 Å². The lowest BCUT2D eigenvalue weighted by molar-refractivity contribution is -0.167. The molecular weight excluding hydrogens is 1010 g/mol. The summed E-state index contributed by atoms with van der Waals surface area (Å²) in [6, 6.07) is 0. The molecule has 0 aromatic carbocycles. The number of carbonyl (C=O) groups is 3. The summed E-state index contributed by atoms with van der Waals surface area (Å²) in [5.41, 5.74) is 0. The second kappa shape index (κ2) is 70.6. The molecule has 6 heteroatoms. The summed E-state index contributed by atoms with van der Waals surface area (Å²) in [5, 5.41) is 0. The molecule has 82 heavy (non-hydrogen) atoms. The van der Waals surface area contributed by atoms with Crippen LogP contribution in [0.5, 0.6) is 0 Å². The van der Waals surface area contributed by atoms with Crippen molar-refractivity contribution in [1.82, 2.24) is 0 Å². The number of carbonyl (C=O) groups excluding carboxylic acids is 3. The van der Waals surface area contributed by atoms with Gasteiger partial charge in [-0.3, -0.25) is 14.4 Å². The number of allylic oxidation sites excluding steroid dienone is 10. The van der Waals surface area contributed by atoms with Crippen molar-refractivity contribution in [1.29, 1.82) is 0 Å². The van der Waals surface area contributed by atoms with Crippen molar-refractivity contribution in [2.24, 2.45) is 0 Å². The molecule has 0 saturated heterocycles. The van der Waals surface area contributed by atoms with Crippen molar-refractivity contribution in [3.8, 4) is 0 Å². The fourth-order valence-electron chi connectivity index (χ4n) is 10.9. The number of ether oxygens (including phenoxy) is 3. The average Bonchev–Trinajstić information content (AvgIpc) is 3.47. The quantitative estimate of drug-likeness (QED) is 0.0261. The molecule has 1 atom stereocenters. The topological polar surface area (TPSA) is 78.9 Å². The number of esters is 3. The van der Waals surface area contributed by atoms with E-state index in [-0.39, 0.29) is 31.1 Å². The Kier molecular flexibility index (Phi) is 68.1. The molecule has 0 saturated carbocycles. The van der Waals surface area contributed by atoms with Gasteiger partial charge in [0, 0.05) is 19.3 Å². The van der Waals surface area contributed by atoms with Gasteiger partial charge in [-0.05, 0) is 64.2 Å². The average molecular weight is 1150 g/mol. The highest BCUT2D eigenvalue weighted by Crippen LogP contribution is 2.19. The molecule has 6 nitrogen and oxygen atoms in total. The maximum absolute atomic E-state index is 13.0. The van der Waals surface area contributed by atoms with Crippen LogP contribution in [0.2, 0.25) is 0 Å². The summed E-state index contributed by atoms with van der Waals surface area (Å²) in [7, 11) is 0. The van der Waals surface area contributed by atoms with Crippen molar-refractivity contribution < 1.29 is 28.6 Å². The van der Waals surface area contributed by atoms with Crippen LogP contribution in [-0.2, 0) is 28.6 Å². The highest BCUT2D eigenvalue weighted by Gasteiger charge is 2.19. The Bertz CT molecular complexity index is 1460. The predicted molar refractivity (Wildman–Crippen MR) is 358 cm³/mol. The van der Waals surface area contributed by atoms with Crippen LogP contribution in [-0.4, -0.2) is 37.2 Å². The van der Waals surface area contributed by atoms with Gasteiger partial charge in [0.25, 0.3) is 0 Å². The Morgan fingerprint density at radius 3 is 0.744 bits per heavy atom. The molecule has 0 amide bonds. The molecule has 0 spiro atoms. The lowest BCUT2D eigenvalue weighted by Crippen LogP contribution is -2.30. The fraction of sp³-hybridized carbons (Fsp3) is 0.829. The third kappa shape index (κ3) is 67.9. The van der Waals surface area contributed by atoms with Gasteiger partial charge in [-0.15, -0.1) is 0 Å². The van der Waals surface area contributed by atoms with E-state index < -0.39 is 6.10 Å². The van der Waals surface area contributed by atoms with Crippen LogP contribution < -0.4 is 0 Å². The molecule has 0 heterocycles. The molecule has 0 aliphatic heterocycles. The van der Waals surface area contributed by atoms with Gasteiger partial charge >= 0.3 is 17.9 Å². The molecule has 0 aromatic heterocycles. The minimum atomic E-state index is -0.784. The molecule has 478 valence electrons. The second-order valence-corrected chi connectivity index (χ2v) is 24.5. The summed E-state index contributed by atoms with van der Waals surface area (Å²) in [5.74, 6) is -0.867. The van der Waals surface area contributed by atoms with Crippen molar-refractivity contribution in [3.63, 3.8) is 0 Å². The minimum absolute atomic E-state index is 0.0771. The highest BCUT2D eigenvalue weighted by atomic mass is 16.6. The van der Waals surface area contributed by atoms with Gasteiger partial charge < -0.3 is 14.2 Å². The summed E-state index contributed by atoms with van der Waals surface area (Å²) >= 11 is 0. The maximum atomic E-state index is 13.0. The lowest BCUT2D eigenvalue weighted by atomic mass is 10.0. The monoisotopic (exact) mass is 1150 g/mol. The first kappa shape index (κ1) is 79.1. The van der Waals surface area contributed by atoms with Crippen LogP contribution in [0, 0.1) is 0 Å². The van der Waals surface area contributed by atoms with Gasteiger partial charge in [0.05, 0.1) is 0 Å². The van der Waals surface area contributed by atoms with Gasteiger partial charge in [-0.2, -0.15) is 0 Å². The molecule has 0 aromatic rings. The van der Waals surface area contributed by atoms with E-state index in [9.17, 15) is 14.4 Å². The first-order valence-electron chi connectivity index (χ1n) is 36.3. The van der Waals surface area contributed by atoms with Crippen LogP contribution in [0.3, 0.4) is 0 Å². The summed E-state index contributed by atoms with van der Waals surface area (Å²) in [6.45, 7) is 6.59. The molecule has 0 radical (unpaired) electrons. The zero-order valence-electron chi connectivity index (χ0n) is 55.0. The third-order valence-corrected chi connectivity index (χ3v) is 16.3. The molecule has 0 rings (SSSR count). The van der Waals surface area contributed by atoms with Gasteiger partial charge in [0.15, 0.2) is 6.10 Å². The molecular formula is C76H138O6. The van der Waals surface area contributed by atoms with E-state index in [1.807, 2.05) is 0 Å². The van der Waals surface area contributed by atoms with Crippen molar-refractivity contribution >= 4 is 17.9 Å². The van der Waals surface area contributed by atoms with E-state index in [0.29, 0.717) is 19.3 Å². The fourth-order valence-corrected chi connectivity index (χ4v) is 10.9. The highest BCUT2D eigenvalue weighted by molar-refractivity contribution is 5.71. The predicted octanol–water partition coefficient (Wildman–Crippen LogP) is 25.1. The molecule has 0 N–H and O–H groups in total. The van der Waals surface area contributed by atoms with Crippen LogP contribution in [0.25, 0.3) is 0 Å². The van der Waals surface area contributed by atoms with Gasteiger partial charge in [0.1, 0.15) is 13.2 Å². The zero-order valence-corrected chi connectivity index (χ0v) is 55.0. The molecule has 1 unspecified atom stereocenters. The molecule has 0 bridgehead atoms. The number of rotatable bonds is 67. The van der Waals surface area contributed by atoms with Gasteiger partial charge in [-0.25, -0.2) is 0 Å². The van der Waals surface area contributed by atoms with E-state index in [2.05, 4.69) is 81.5 Å². The van der Waals surface area contributed by atoms with Crippen LogP contribution >= 0.6 is 0 Å². The number of hydrogen-bond acceptors (Lipinski definition) is 6. The number of unbranched alkanes of at least 4 members (excludes halogenated alkanes) is 46. The van der Waals surface area contributed by atoms with Crippen LogP contribution in [0.4, 0.5) is 0 Å². The Hall–Kier alpha value is -2.89. The van der Waals surface area contributed by atoms with E-state index in [1.54, 1.807) is 0 Å². The first-order chi connectivity index (χ1) is 40.5. The second-order valence-electron chi connectivity index (χ2n) is 24.5. The van der Waals surface area contributed by atoms with E-state index in [4.69, 9.17) is 14.2 Å². The van der Waals surface area contributed by atoms with Crippen molar-refractivity contribution in [2.75, 3.05) is 13.2 Å². The SMILES string of the molecule is CC/C=C\C/C=C\C/C=C\C/C=C\C/C=C\CCCCCCCC(=O)OC(COC(=O)CCCCCCCCCCCCCCCCCCCCC)COC(=O)CCCCCCCCCCCCCCCCCCCCCCCCCC. The Morgan fingerprint density at radius 1 is 0.256 bits per heavy atom. The van der Waals surface area contributed by atoms with Gasteiger partial charge in [0.2, 0.25) is 0 Å².